The van der Waals surface area contributed by atoms with E-state index in [-0.39, 0.29) is 0 Å². The van der Waals surface area contributed by atoms with E-state index < -0.39 is 0 Å². The Bertz CT molecular complexity index is 550. The van der Waals surface area contributed by atoms with Crippen molar-refractivity contribution < 1.29 is 10.5 Å². The first-order valence-corrected chi connectivity index (χ1v) is 6.95. The van der Waals surface area contributed by atoms with Crippen molar-refractivity contribution in [2.24, 2.45) is 0 Å². The van der Waals surface area contributed by atoms with Crippen LogP contribution in [0.4, 0.5) is 0 Å². The number of quaternary nitrogens is 1. The van der Waals surface area contributed by atoms with E-state index in [1.54, 1.807) is 0 Å². The molecule has 3 rings (SSSR count). The SMILES string of the molecule is [NH3+][C@@H](Cc1ccccc1)c1ccc2c(c1)CCCO2. The van der Waals surface area contributed by atoms with Gasteiger partial charge in [-0.3, -0.25) is 0 Å². The molecule has 98 valence electrons. The summed E-state index contributed by atoms with van der Waals surface area (Å²) in [6.07, 6.45) is 3.23. The molecule has 2 nitrogen and oxygen atoms in total. The fourth-order valence-electron chi connectivity index (χ4n) is 2.65. The zero-order valence-corrected chi connectivity index (χ0v) is 11.1. The smallest absolute Gasteiger partial charge is 0.122 e. The molecule has 0 saturated carbocycles. The standard InChI is InChI=1S/C17H19NO/c18-16(11-13-5-2-1-3-6-13)14-8-9-17-15(12-14)7-4-10-19-17/h1-3,5-6,8-9,12,16H,4,7,10-11,18H2/p+1/t16-/m0/s1. The minimum absolute atomic E-state index is 0.301. The fourth-order valence-corrected chi connectivity index (χ4v) is 2.65. The first kappa shape index (κ1) is 12.2. The van der Waals surface area contributed by atoms with Gasteiger partial charge in [-0.25, -0.2) is 0 Å². The van der Waals surface area contributed by atoms with Crippen LogP contribution < -0.4 is 10.5 Å². The Labute approximate surface area is 114 Å². The van der Waals surface area contributed by atoms with Crippen molar-refractivity contribution in [2.75, 3.05) is 6.61 Å². The molecule has 19 heavy (non-hydrogen) atoms. The van der Waals surface area contributed by atoms with Crippen LogP contribution in [0.5, 0.6) is 5.75 Å². The van der Waals surface area contributed by atoms with Crippen molar-refractivity contribution in [3.8, 4) is 5.75 Å². The van der Waals surface area contributed by atoms with Gasteiger partial charge in [0.05, 0.1) is 6.61 Å². The van der Waals surface area contributed by atoms with Crippen LogP contribution in [0, 0.1) is 0 Å². The predicted octanol–water partition coefficient (Wildman–Crippen LogP) is 2.54. The van der Waals surface area contributed by atoms with E-state index in [1.807, 2.05) is 0 Å². The maximum atomic E-state index is 5.66. The third-order valence-corrected chi connectivity index (χ3v) is 3.73. The van der Waals surface area contributed by atoms with Gasteiger partial charge in [-0.1, -0.05) is 30.3 Å². The van der Waals surface area contributed by atoms with Gasteiger partial charge >= 0.3 is 0 Å². The van der Waals surface area contributed by atoms with Crippen LogP contribution in [-0.4, -0.2) is 6.61 Å². The first-order chi connectivity index (χ1) is 9.33. The Morgan fingerprint density at radius 2 is 1.95 bits per heavy atom. The van der Waals surface area contributed by atoms with E-state index in [2.05, 4.69) is 54.3 Å². The minimum Gasteiger partial charge on any atom is -0.493 e. The number of benzene rings is 2. The molecule has 3 N–H and O–H groups in total. The molecular weight excluding hydrogens is 234 g/mol. The zero-order valence-electron chi connectivity index (χ0n) is 11.1. The molecule has 2 aromatic rings. The van der Waals surface area contributed by atoms with Gasteiger partial charge in [0.25, 0.3) is 0 Å². The molecule has 0 bridgehead atoms. The van der Waals surface area contributed by atoms with Crippen LogP contribution in [0.1, 0.15) is 29.2 Å². The van der Waals surface area contributed by atoms with Gasteiger partial charge in [-0.15, -0.1) is 0 Å². The lowest BCUT2D eigenvalue weighted by molar-refractivity contribution is -0.426. The highest BCUT2D eigenvalue weighted by molar-refractivity contribution is 5.39. The number of hydrogen-bond donors (Lipinski definition) is 1. The molecule has 2 heteroatoms. The van der Waals surface area contributed by atoms with E-state index in [9.17, 15) is 0 Å². The Morgan fingerprint density at radius 1 is 1.11 bits per heavy atom. The van der Waals surface area contributed by atoms with Crippen molar-refractivity contribution in [2.45, 2.75) is 25.3 Å². The van der Waals surface area contributed by atoms with Crippen LogP contribution in [0.25, 0.3) is 0 Å². The van der Waals surface area contributed by atoms with Crippen LogP contribution >= 0.6 is 0 Å². The summed E-state index contributed by atoms with van der Waals surface area (Å²) in [5.41, 5.74) is 8.31. The summed E-state index contributed by atoms with van der Waals surface area (Å²) in [5, 5.41) is 0. The number of rotatable bonds is 3. The minimum atomic E-state index is 0.301. The fraction of sp³-hybridized carbons (Fsp3) is 0.294. The molecule has 1 atom stereocenters. The molecule has 1 aliphatic rings. The maximum Gasteiger partial charge on any atom is 0.122 e. The normalized spacial score (nSPS) is 15.4. The topological polar surface area (TPSA) is 36.9 Å². The second-order valence-electron chi connectivity index (χ2n) is 5.21. The van der Waals surface area contributed by atoms with Gasteiger partial charge in [0.2, 0.25) is 0 Å². The molecule has 0 fully saturated rings. The summed E-state index contributed by atoms with van der Waals surface area (Å²) in [4.78, 5) is 0. The van der Waals surface area contributed by atoms with Gasteiger partial charge in [-0.05, 0) is 42.2 Å². The Kier molecular flexibility index (Phi) is 3.51. The van der Waals surface area contributed by atoms with Crippen molar-refractivity contribution in [1.82, 2.24) is 0 Å². The van der Waals surface area contributed by atoms with Crippen LogP contribution in [0.15, 0.2) is 48.5 Å². The molecule has 2 aromatic carbocycles. The molecular formula is C17H20NO+. The summed E-state index contributed by atoms with van der Waals surface area (Å²) >= 11 is 0. The van der Waals surface area contributed by atoms with Crippen LogP contribution in [0.2, 0.25) is 0 Å². The Balaban J connectivity index is 1.78. The number of fused-ring (bicyclic) bond motifs is 1. The highest BCUT2D eigenvalue weighted by atomic mass is 16.5. The van der Waals surface area contributed by atoms with Crippen LogP contribution in [-0.2, 0) is 12.8 Å². The van der Waals surface area contributed by atoms with E-state index in [0.29, 0.717) is 6.04 Å². The molecule has 0 spiro atoms. The van der Waals surface area contributed by atoms with Crippen molar-refractivity contribution in [3.63, 3.8) is 0 Å². The molecule has 0 unspecified atom stereocenters. The molecule has 0 aliphatic carbocycles. The van der Waals surface area contributed by atoms with Gasteiger partial charge in [0, 0.05) is 12.0 Å². The van der Waals surface area contributed by atoms with Crippen LogP contribution in [0.3, 0.4) is 0 Å². The predicted molar refractivity (Wildman–Crippen MR) is 76.0 cm³/mol. The largest absolute Gasteiger partial charge is 0.493 e. The number of hydrogen-bond acceptors (Lipinski definition) is 1. The Morgan fingerprint density at radius 3 is 2.79 bits per heavy atom. The van der Waals surface area contributed by atoms with E-state index >= 15 is 0 Å². The Hall–Kier alpha value is -1.80. The van der Waals surface area contributed by atoms with Gasteiger partial charge in [-0.2, -0.15) is 0 Å². The van der Waals surface area contributed by atoms with Gasteiger partial charge < -0.3 is 10.5 Å². The molecule has 0 saturated heterocycles. The summed E-state index contributed by atoms with van der Waals surface area (Å²) < 4.78 is 5.66. The van der Waals surface area contributed by atoms with Gasteiger partial charge in [0.15, 0.2) is 0 Å². The number of ether oxygens (including phenoxy) is 1. The lowest BCUT2D eigenvalue weighted by Gasteiger charge is -2.19. The van der Waals surface area contributed by atoms with E-state index in [1.165, 1.54) is 16.7 Å². The monoisotopic (exact) mass is 254 g/mol. The molecule has 0 amide bonds. The maximum absolute atomic E-state index is 5.66. The quantitative estimate of drug-likeness (QED) is 0.898. The third kappa shape index (κ3) is 2.79. The highest BCUT2D eigenvalue weighted by Gasteiger charge is 2.15. The molecule has 1 heterocycles. The summed E-state index contributed by atoms with van der Waals surface area (Å²) in [6, 6.07) is 17.4. The average Bonchev–Trinajstić information content (AvgIpc) is 2.48. The third-order valence-electron chi connectivity index (χ3n) is 3.73. The van der Waals surface area contributed by atoms with E-state index in [0.717, 1.165) is 31.6 Å². The molecule has 1 aliphatic heterocycles. The van der Waals surface area contributed by atoms with Crippen molar-refractivity contribution >= 4 is 0 Å². The zero-order chi connectivity index (χ0) is 13.1. The second kappa shape index (κ2) is 5.45. The van der Waals surface area contributed by atoms with Crippen molar-refractivity contribution in [1.29, 1.82) is 0 Å². The first-order valence-electron chi connectivity index (χ1n) is 6.95. The lowest BCUT2D eigenvalue weighted by Crippen LogP contribution is -2.54. The molecule has 0 radical (unpaired) electrons. The highest BCUT2D eigenvalue weighted by Crippen LogP contribution is 2.27. The summed E-state index contributed by atoms with van der Waals surface area (Å²) in [6.45, 7) is 0.851. The van der Waals surface area contributed by atoms with Crippen molar-refractivity contribution in [3.05, 3.63) is 65.2 Å². The van der Waals surface area contributed by atoms with Gasteiger partial charge in [0.1, 0.15) is 11.8 Å². The average molecular weight is 254 g/mol. The lowest BCUT2D eigenvalue weighted by atomic mass is 9.96. The summed E-state index contributed by atoms with van der Waals surface area (Å²) in [7, 11) is 0. The molecule has 0 aromatic heterocycles. The van der Waals surface area contributed by atoms with E-state index in [4.69, 9.17) is 4.74 Å². The second-order valence-corrected chi connectivity index (χ2v) is 5.21. The summed E-state index contributed by atoms with van der Waals surface area (Å²) in [5.74, 6) is 1.06. The number of aryl methyl sites for hydroxylation is 1.